The third-order valence-corrected chi connectivity index (χ3v) is 3.70. The van der Waals surface area contributed by atoms with Gasteiger partial charge in [-0.25, -0.2) is 9.78 Å². The van der Waals surface area contributed by atoms with Gasteiger partial charge in [0.05, 0.1) is 17.6 Å². The number of hydrogen-bond acceptors (Lipinski definition) is 5. The maximum atomic E-state index is 11.6. The third-order valence-electron chi connectivity index (χ3n) is 2.74. The second-order valence-electron chi connectivity index (χ2n) is 3.95. The van der Waals surface area contributed by atoms with Crippen LogP contribution in [-0.4, -0.2) is 28.2 Å². The van der Waals surface area contributed by atoms with Crippen LogP contribution in [0.2, 0.25) is 0 Å². The van der Waals surface area contributed by atoms with Crippen molar-refractivity contribution in [3.63, 3.8) is 0 Å². The number of imidazole rings is 1. The molecule has 0 aliphatic rings. The lowest BCUT2D eigenvalue weighted by molar-refractivity contribution is 0.0531. The molecule has 0 saturated heterocycles. The predicted molar refractivity (Wildman–Crippen MR) is 71.9 cm³/mol. The summed E-state index contributed by atoms with van der Waals surface area (Å²) in [6.45, 7) is 2.12. The number of thiazole rings is 1. The van der Waals surface area contributed by atoms with Gasteiger partial charge in [0.1, 0.15) is 11.2 Å². The van der Waals surface area contributed by atoms with Gasteiger partial charge in [0.2, 0.25) is 0 Å². The molecule has 0 N–H and O–H groups in total. The molecule has 19 heavy (non-hydrogen) atoms. The summed E-state index contributed by atoms with van der Waals surface area (Å²) in [7, 11) is 0. The fourth-order valence-electron chi connectivity index (χ4n) is 1.90. The summed E-state index contributed by atoms with van der Waals surface area (Å²) in [5.74, 6) is -0.337. The van der Waals surface area contributed by atoms with E-state index in [1.54, 1.807) is 25.3 Å². The van der Waals surface area contributed by atoms with Gasteiger partial charge < -0.3 is 4.74 Å². The number of nitrogens with zero attached hydrogens (tertiary/aromatic N) is 2. The van der Waals surface area contributed by atoms with Crippen molar-refractivity contribution in [3.8, 4) is 0 Å². The average molecular weight is 274 g/mol. The Kier molecular flexibility index (Phi) is 2.79. The summed E-state index contributed by atoms with van der Waals surface area (Å²) in [6.07, 6.45) is 2.50. The van der Waals surface area contributed by atoms with Crippen LogP contribution in [0, 0.1) is 0 Å². The van der Waals surface area contributed by atoms with E-state index in [1.807, 2.05) is 10.5 Å². The topological polar surface area (TPSA) is 60.7 Å². The Morgan fingerprint density at radius 1 is 1.53 bits per heavy atom. The molecule has 3 rings (SSSR count). The molecule has 0 spiro atoms. The van der Waals surface area contributed by atoms with Gasteiger partial charge in [0, 0.05) is 11.8 Å². The number of rotatable bonds is 3. The van der Waals surface area contributed by atoms with Crippen molar-refractivity contribution in [3.05, 3.63) is 34.8 Å². The second kappa shape index (κ2) is 4.47. The lowest BCUT2D eigenvalue weighted by Crippen LogP contribution is -2.01. The van der Waals surface area contributed by atoms with Crippen molar-refractivity contribution in [2.75, 3.05) is 6.61 Å². The highest BCUT2D eigenvalue weighted by Gasteiger charge is 2.14. The molecule has 0 aliphatic heterocycles. The summed E-state index contributed by atoms with van der Waals surface area (Å²) in [5.41, 5.74) is 2.20. The van der Waals surface area contributed by atoms with Crippen molar-refractivity contribution in [1.29, 1.82) is 0 Å². The molecule has 0 unspecified atom stereocenters. The molecule has 0 radical (unpaired) electrons. The molecule has 0 atom stereocenters. The fourth-order valence-corrected chi connectivity index (χ4v) is 2.79. The minimum absolute atomic E-state index is 0.337. The standard InChI is InChI=1S/C13H10N2O3S/c1-2-18-12(17)11-6-15-10-4-3-8(7-16)5-9(10)14-13(15)19-11/h3-7H,2H2,1H3. The molecule has 2 heterocycles. The summed E-state index contributed by atoms with van der Waals surface area (Å²) in [4.78, 5) is 28.0. The molecule has 1 aromatic carbocycles. The first kappa shape index (κ1) is 11.9. The Hall–Kier alpha value is -2.21. The van der Waals surface area contributed by atoms with Crippen molar-refractivity contribution >= 4 is 39.6 Å². The summed E-state index contributed by atoms with van der Waals surface area (Å²) < 4.78 is 6.79. The lowest BCUT2D eigenvalue weighted by atomic mass is 10.2. The van der Waals surface area contributed by atoms with Crippen LogP contribution in [0.25, 0.3) is 16.0 Å². The average Bonchev–Trinajstić information content (AvgIpc) is 2.95. The second-order valence-corrected chi connectivity index (χ2v) is 4.96. The zero-order chi connectivity index (χ0) is 13.4. The summed E-state index contributed by atoms with van der Waals surface area (Å²) in [5, 5.41) is 0. The number of fused-ring (bicyclic) bond motifs is 3. The third kappa shape index (κ3) is 1.90. The highest BCUT2D eigenvalue weighted by atomic mass is 32.1. The van der Waals surface area contributed by atoms with Crippen molar-refractivity contribution in [2.24, 2.45) is 0 Å². The van der Waals surface area contributed by atoms with E-state index in [2.05, 4.69) is 4.98 Å². The SMILES string of the molecule is CCOC(=O)c1cn2c(nc3cc(C=O)ccc32)s1. The number of carbonyl (C=O) groups excluding carboxylic acids is 2. The van der Waals surface area contributed by atoms with Crippen molar-refractivity contribution in [2.45, 2.75) is 6.92 Å². The Labute approximate surface area is 112 Å². The smallest absolute Gasteiger partial charge is 0.349 e. The van der Waals surface area contributed by atoms with Crippen LogP contribution >= 0.6 is 11.3 Å². The van der Waals surface area contributed by atoms with E-state index < -0.39 is 0 Å². The molecule has 0 saturated carbocycles. The molecule has 0 amide bonds. The molecule has 0 fully saturated rings. The van der Waals surface area contributed by atoms with Crippen LogP contribution in [0.15, 0.2) is 24.4 Å². The first-order valence-corrected chi connectivity index (χ1v) is 6.58. The normalized spacial score (nSPS) is 11.0. The quantitative estimate of drug-likeness (QED) is 0.544. The molecule has 5 nitrogen and oxygen atoms in total. The molecule has 0 bridgehead atoms. The Balaban J connectivity index is 2.15. The zero-order valence-corrected chi connectivity index (χ0v) is 10.9. The number of benzene rings is 1. The molecule has 6 heteroatoms. The Morgan fingerprint density at radius 2 is 2.37 bits per heavy atom. The molecular formula is C13H10N2O3S. The van der Waals surface area contributed by atoms with Gasteiger partial charge in [-0.2, -0.15) is 0 Å². The number of aldehydes is 1. The van der Waals surface area contributed by atoms with Crippen LogP contribution in [-0.2, 0) is 4.74 Å². The summed E-state index contributed by atoms with van der Waals surface area (Å²) >= 11 is 1.27. The fraction of sp³-hybridized carbons (Fsp3) is 0.154. The summed E-state index contributed by atoms with van der Waals surface area (Å²) in [6, 6.07) is 5.28. The van der Waals surface area contributed by atoms with Crippen LogP contribution in [0.4, 0.5) is 0 Å². The number of hydrogen-bond donors (Lipinski definition) is 0. The number of ether oxygens (including phenoxy) is 1. The predicted octanol–water partition coefficient (Wildman–Crippen LogP) is 2.54. The van der Waals surface area contributed by atoms with E-state index in [0.717, 1.165) is 17.3 Å². The largest absolute Gasteiger partial charge is 0.462 e. The van der Waals surface area contributed by atoms with Gasteiger partial charge >= 0.3 is 5.97 Å². The zero-order valence-electron chi connectivity index (χ0n) is 10.1. The van der Waals surface area contributed by atoms with E-state index in [1.165, 1.54) is 11.3 Å². The number of aromatic nitrogens is 2. The van der Waals surface area contributed by atoms with Gasteiger partial charge in [-0.3, -0.25) is 9.20 Å². The maximum Gasteiger partial charge on any atom is 0.349 e. The molecular weight excluding hydrogens is 264 g/mol. The van der Waals surface area contributed by atoms with Crippen molar-refractivity contribution in [1.82, 2.24) is 9.38 Å². The Morgan fingerprint density at radius 3 is 3.11 bits per heavy atom. The van der Waals surface area contributed by atoms with Crippen LogP contribution in [0.3, 0.4) is 0 Å². The minimum atomic E-state index is -0.337. The van der Waals surface area contributed by atoms with Gasteiger partial charge in [-0.05, 0) is 25.1 Å². The molecule has 2 aromatic heterocycles. The van der Waals surface area contributed by atoms with E-state index in [0.29, 0.717) is 22.0 Å². The monoisotopic (exact) mass is 274 g/mol. The lowest BCUT2D eigenvalue weighted by Gasteiger charge is -1.96. The van der Waals surface area contributed by atoms with Crippen LogP contribution in [0.5, 0.6) is 0 Å². The van der Waals surface area contributed by atoms with Gasteiger partial charge in [-0.15, -0.1) is 0 Å². The number of carbonyl (C=O) groups is 2. The van der Waals surface area contributed by atoms with E-state index >= 15 is 0 Å². The Bertz CT molecular complexity index is 788. The van der Waals surface area contributed by atoms with Gasteiger partial charge in [-0.1, -0.05) is 11.3 Å². The first-order valence-electron chi connectivity index (χ1n) is 5.77. The van der Waals surface area contributed by atoms with Crippen LogP contribution in [0.1, 0.15) is 27.0 Å². The van der Waals surface area contributed by atoms with Gasteiger partial charge in [0.25, 0.3) is 0 Å². The molecule has 0 aliphatic carbocycles. The van der Waals surface area contributed by atoms with Gasteiger partial charge in [0.15, 0.2) is 4.96 Å². The first-order chi connectivity index (χ1) is 9.22. The van der Waals surface area contributed by atoms with Crippen molar-refractivity contribution < 1.29 is 14.3 Å². The van der Waals surface area contributed by atoms with E-state index in [9.17, 15) is 9.59 Å². The van der Waals surface area contributed by atoms with E-state index in [4.69, 9.17) is 4.74 Å². The maximum absolute atomic E-state index is 11.6. The highest BCUT2D eigenvalue weighted by molar-refractivity contribution is 7.18. The number of esters is 1. The highest BCUT2D eigenvalue weighted by Crippen LogP contribution is 2.24. The van der Waals surface area contributed by atoms with E-state index in [-0.39, 0.29) is 5.97 Å². The van der Waals surface area contributed by atoms with Crippen LogP contribution < -0.4 is 0 Å². The molecule has 96 valence electrons. The molecule has 3 aromatic rings. The minimum Gasteiger partial charge on any atom is -0.462 e.